The lowest BCUT2D eigenvalue weighted by Gasteiger charge is -2.05. The van der Waals surface area contributed by atoms with Gasteiger partial charge in [0, 0.05) is 0 Å². The molecule has 0 fully saturated rings. The molecule has 0 amide bonds. The summed E-state index contributed by atoms with van der Waals surface area (Å²) in [5.74, 6) is 0. The minimum atomic E-state index is 0.415. The minimum absolute atomic E-state index is 0.415. The smallest absolute Gasteiger partial charge is 0.0865 e. The number of unbranched alkanes of at least 4 members (excludes halogenated alkanes) is 1. The summed E-state index contributed by atoms with van der Waals surface area (Å²) < 4.78 is 1.60. The summed E-state index contributed by atoms with van der Waals surface area (Å²) in [6.07, 6.45) is 4.64. The Bertz CT molecular complexity index is 568. The zero-order valence-corrected chi connectivity index (χ0v) is 12.4. The second kappa shape index (κ2) is 6.57. The Kier molecular flexibility index (Phi) is 5.05. The van der Waals surface area contributed by atoms with Crippen LogP contribution in [0.25, 0.3) is 5.69 Å². The molecule has 0 unspecified atom stereocenters. The van der Waals surface area contributed by atoms with Crippen LogP contribution in [-0.2, 0) is 6.42 Å². The van der Waals surface area contributed by atoms with E-state index in [1.807, 2.05) is 6.20 Å². The van der Waals surface area contributed by atoms with Gasteiger partial charge in [0.2, 0.25) is 0 Å². The lowest BCUT2D eigenvalue weighted by molar-refractivity contribution is 0.727. The van der Waals surface area contributed by atoms with Gasteiger partial charge in [-0.3, -0.25) is 0 Å². The highest BCUT2D eigenvalue weighted by Crippen LogP contribution is 2.30. The average Bonchev–Trinajstić information content (AvgIpc) is 2.83. The fourth-order valence-electron chi connectivity index (χ4n) is 1.67. The van der Waals surface area contributed by atoms with Crippen LogP contribution in [0.2, 0.25) is 15.1 Å². The number of aryl methyl sites for hydroxylation is 1. The molecule has 0 aliphatic heterocycles. The molecule has 0 saturated carbocycles. The van der Waals surface area contributed by atoms with Gasteiger partial charge in [0.1, 0.15) is 0 Å². The first kappa shape index (κ1) is 14.6. The molecule has 0 aliphatic carbocycles. The van der Waals surface area contributed by atoms with Crippen LogP contribution in [0.15, 0.2) is 18.3 Å². The molecule has 1 heterocycles. The molecule has 102 valence electrons. The maximum atomic E-state index is 6.12. The molecule has 0 aliphatic rings. The van der Waals surface area contributed by atoms with Crippen LogP contribution in [0.1, 0.15) is 18.5 Å². The third-order valence-corrected chi connectivity index (χ3v) is 3.69. The van der Waals surface area contributed by atoms with E-state index < -0.39 is 0 Å². The lowest BCUT2D eigenvalue weighted by atomic mass is 10.2. The summed E-state index contributed by atoms with van der Waals surface area (Å²) >= 11 is 18.0. The van der Waals surface area contributed by atoms with E-state index in [4.69, 9.17) is 40.5 Å². The van der Waals surface area contributed by atoms with Crippen molar-refractivity contribution >= 4 is 34.8 Å². The van der Waals surface area contributed by atoms with Gasteiger partial charge in [-0.05, 0) is 37.9 Å². The van der Waals surface area contributed by atoms with E-state index in [1.165, 1.54) is 0 Å². The van der Waals surface area contributed by atoms with Crippen molar-refractivity contribution < 1.29 is 0 Å². The highest BCUT2D eigenvalue weighted by atomic mass is 35.5. The van der Waals surface area contributed by atoms with Gasteiger partial charge in [-0.1, -0.05) is 40.0 Å². The summed E-state index contributed by atoms with van der Waals surface area (Å²) in [7, 11) is 0. The first-order valence-electron chi connectivity index (χ1n) is 5.88. The second-order valence-electron chi connectivity index (χ2n) is 4.12. The van der Waals surface area contributed by atoms with E-state index in [0.717, 1.165) is 25.0 Å². The van der Waals surface area contributed by atoms with E-state index in [9.17, 15) is 0 Å². The first-order chi connectivity index (χ1) is 9.11. The van der Waals surface area contributed by atoms with Crippen LogP contribution in [-0.4, -0.2) is 21.5 Å². The molecule has 0 bridgehead atoms. The Morgan fingerprint density at radius 3 is 2.53 bits per heavy atom. The van der Waals surface area contributed by atoms with Gasteiger partial charge in [0.25, 0.3) is 0 Å². The van der Waals surface area contributed by atoms with Crippen LogP contribution >= 0.6 is 34.8 Å². The number of nitrogens with two attached hydrogens (primary N) is 1. The van der Waals surface area contributed by atoms with Gasteiger partial charge >= 0.3 is 0 Å². The van der Waals surface area contributed by atoms with Crippen LogP contribution in [0.5, 0.6) is 0 Å². The first-order valence-corrected chi connectivity index (χ1v) is 7.01. The Morgan fingerprint density at radius 2 is 1.79 bits per heavy atom. The third-order valence-electron chi connectivity index (χ3n) is 2.66. The summed E-state index contributed by atoms with van der Waals surface area (Å²) in [6, 6.07) is 3.26. The minimum Gasteiger partial charge on any atom is -0.330 e. The molecule has 0 spiro atoms. The van der Waals surface area contributed by atoms with Crippen LogP contribution < -0.4 is 5.73 Å². The molecule has 19 heavy (non-hydrogen) atoms. The van der Waals surface area contributed by atoms with E-state index in [2.05, 4.69) is 10.3 Å². The Hall–Kier alpha value is -0.810. The average molecular weight is 320 g/mol. The van der Waals surface area contributed by atoms with E-state index in [0.29, 0.717) is 27.3 Å². The van der Waals surface area contributed by atoms with Gasteiger partial charge in [-0.2, -0.15) is 0 Å². The summed E-state index contributed by atoms with van der Waals surface area (Å²) in [6.45, 7) is 0.687. The van der Waals surface area contributed by atoms with Gasteiger partial charge in [0.15, 0.2) is 0 Å². The highest BCUT2D eigenvalue weighted by molar-refractivity contribution is 6.43. The van der Waals surface area contributed by atoms with Crippen molar-refractivity contribution in [3.8, 4) is 5.69 Å². The molecular weight excluding hydrogens is 307 g/mol. The molecule has 4 nitrogen and oxygen atoms in total. The van der Waals surface area contributed by atoms with Crippen LogP contribution in [0.3, 0.4) is 0 Å². The van der Waals surface area contributed by atoms with Crippen molar-refractivity contribution in [1.82, 2.24) is 15.0 Å². The number of nitrogens with zero attached hydrogens (tertiary/aromatic N) is 3. The lowest BCUT2D eigenvalue weighted by Crippen LogP contribution is -1.99. The normalized spacial score (nSPS) is 10.9. The summed E-state index contributed by atoms with van der Waals surface area (Å²) in [5.41, 5.74) is 7.01. The van der Waals surface area contributed by atoms with Gasteiger partial charge in [-0.15, -0.1) is 5.10 Å². The topological polar surface area (TPSA) is 56.7 Å². The molecule has 0 radical (unpaired) electrons. The van der Waals surface area contributed by atoms with Crippen molar-refractivity contribution in [3.63, 3.8) is 0 Å². The third kappa shape index (κ3) is 3.60. The maximum absolute atomic E-state index is 6.12. The predicted molar refractivity (Wildman–Crippen MR) is 78.4 cm³/mol. The quantitative estimate of drug-likeness (QED) is 0.678. The van der Waals surface area contributed by atoms with E-state index in [-0.39, 0.29) is 0 Å². The summed E-state index contributed by atoms with van der Waals surface area (Å²) in [5, 5.41) is 9.47. The van der Waals surface area contributed by atoms with Crippen LogP contribution in [0.4, 0.5) is 0 Å². The van der Waals surface area contributed by atoms with Crippen LogP contribution in [0, 0.1) is 0 Å². The Labute approximate surface area is 126 Å². The van der Waals surface area contributed by atoms with Crippen molar-refractivity contribution in [1.29, 1.82) is 0 Å². The number of benzene rings is 1. The summed E-state index contributed by atoms with van der Waals surface area (Å²) in [4.78, 5) is 0. The number of rotatable bonds is 5. The molecule has 0 atom stereocenters. The molecule has 7 heteroatoms. The Balaban J connectivity index is 2.20. The predicted octanol–water partition coefficient (Wildman–Crippen LogP) is 3.51. The van der Waals surface area contributed by atoms with Gasteiger partial charge < -0.3 is 5.73 Å². The van der Waals surface area contributed by atoms with Gasteiger partial charge in [-0.25, -0.2) is 4.68 Å². The molecular formula is C12H13Cl3N4. The largest absolute Gasteiger partial charge is 0.330 e. The zero-order chi connectivity index (χ0) is 13.8. The molecule has 2 aromatic rings. The fraction of sp³-hybridized carbons (Fsp3) is 0.333. The van der Waals surface area contributed by atoms with E-state index >= 15 is 0 Å². The number of hydrogen-bond acceptors (Lipinski definition) is 3. The van der Waals surface area contributed by atoms with Gasteiger partial charge in [0.05, 0.1) is 32.6 Å². The van der Waals surface area contributed by atoms with Crippen molar-refractivity contribution in [2.45, 2.75) is 19.3 Å². The van der Waals surface area contributed by atoms with E-state index in [1.54, 1.807) is 16.8 Å². The fourth-order valence-corrected chi connectivity index (χ4v) is 2.30. The molecule has 0 saturated heterocycles. The monoisotopic (exact) mass is 318 g/mol. The number of halogens is 3. The SMILES string of the molecule is NCCCCc1cn(-c2cc(Cl)c(Cl)cc2Cl)nn1. The molecule has 1 aromatic heterocycles. The maximum Gasteiger partial charge on any atom is 0.0865 e. The van der Waals surface area contributed by atoms with Crippen molar-refractivity contribution in [3.05, 3.63) is 39.1 Å². The Morgan fingerprint density at radius 1 is 1.05 bits per heavy atom. The molecule has 2 N–H and O–H groups in total. The number of hydrogen-bond donors (Lipinski definition) is 1. The number of aromatic nitrogens is 3. The van der Waals surface area contributed by atoms with Crippen molar-refractivity contribution in [2.75, 3.05) is 6.54 Å². The highest BCUT2D eigenvalue weighted by Gasteiger charge is 2.10. The molecule has 2 rings (SSSR count). The molecule has 1 aromatic carbocycles. The standard InChI is InChI=1S/C12H13Cl3N4/c13-9-5-11(15)12(6-10(9)14)19-7-8(17-18-19)3-1-2-4-16/h5-7H,1-4,16H2. The second-order valence-corrected chi connectivity index (χ2v) is 5.34. The zero-order valence-electron chi connectivity index (χ0n) is 10.1. The van der Waals surface area contributed by atoms with Crippen molar-refractivity contribution in [2.24, 2.45) is 5.73 Å².